The van der Waals surface area contributed by atoms with Crippen LogP contribution in [0, 0.1) is 0 Å². The number of rotatable bonds is 5. The molecule has 2 aromatic rings. The molecule has 0 aliphatic rings. The third-order valence-electron chi connectivity index (χ3n) is 3.29. The SMILES string of the molecule is CNS(=O)(=O)c1ccc(/C(C)=N\NC(=O)c2ccccc2Cl)cc1. The Bertz CT molecular complexity index is 878. The zero-order valence-electron chi connectivity index (χ0n) is 13.1. The summed E-state index contributed by atoms with van der Waals surface area (Å²) in [5, 5.41) is 4.35. The topological polar surface area (TPSA) is 87.6 Å². The maximum absolute atomic E-state index is 12.0. The molecule has 2 rings (SSSR count). The average Bonchev–Trinajstić information content (AvgIpc) is 2.60. The van der Waals surface area contributed by atoms with Gasteiger partial charge < -0.3 is 0 Å². The molecule has 24 heavy (non-hydrogen) atoms. The summed E-state index contributed by atoms with van der Waals surface area (Å²) in [5.74, 6) is -0.422. The Morgan fingerprint density at radius 1 is 1.08 bits per heavy atom. The fourth-order valence-electron chi connectivity index (χ4n) is 1.90. The molecule has 0 saturated carbocycles. The van der Waals surface area contributed by atoms with Gasteiger partial charge in [-0.1, -0.05) is 35.9 Å². The highest BCUT2D eigenvalue weighted by Crippen LogP contribution is 2.15. The molecule has 2 aromatic carbocycles. The second-order valence-electron chi connectivity index (χ2n) is 4.85. The first-order valence-electron chi connectivity index (χ1n) is 6.98. The van der Waals surface area contributed by atoms with Gasteiger partial charge in [0.2, 0.25) is 10.0 Å². The minimum atomic E-state index is -3.48. The number of sulfonamides is 1. The van der Waals surface area contributed by atoms with Crippen LogP contribution in [0.2, 0.25) is 5.02 Å². The summed E-state index contributed by atoms with van der Waals surface area (Å²) < 4.78 is 25.6. The van der Waals surface area contributed by atoms with Crippen LogP contribution < -0.4 is 10.1 Å². The van der Waals surface area contributed by atoms with Gasteiger partial charge in [0.1, 0.15) is 0 Å². The van der Waals surface area contributed by atoms with Gasteiger partial charge in [-0.15, -0.1) is 0 Å². The van der Waals surface area contributed by atoms with Crippen LogP contribution in [0.1, 0.15) is 22.8 Å². The third kappa shape index (κ3) is 4.19. The molecule has 0 atom stereocenters. The lowest BCUT2D eigenvalue weighted by molar-refractivity contribution is 0.0955. The highest BCUT2D eigenvalue weighted by molar-refractivity contribution is 7.89. The lowest BCUT2D eigenvalue weighted by Gasteiger charge is -2.06. The van der Waals surface area contributed by atoms with Gasteiger partial charge in [0.05, 0.1) is 21.2 Å². The molecule has 0 aliphatic heterocycles. The lowest BCUT2D eigenvalue weighted by Crippen LogP contribution is -2.20. The van der Waals surface area contributed by atoms with E-state index < -0.39 is 15.9 Å². The normalized spacial score (nSPS) is 12.0. The number of hydrogen-bond donors (Lipinski definition) is 2. The van der Waals surface area contributed by atoms with Gasteiger partial charge in [0.15, 0.2) is 0 Å². The second kappa shape index (κ2) is 7.57. The Kier molecular flexibility index (Phi) is 5.71. The lowest BCUT2D eigenvalue weighted by atomic mass is 10.1. The Morgan fingerprint density at radius 3 is 2.29 bits per heavy atom. The van der Waals surface area contributed by atoms with Crippen molar-refractivity contribution in [3.63, 3.8) is 0 Å². The third-order valence-corrected chi connectivity index (χ3v) is 5.05. The van der Waals surface area contributed by atoms with Crippen LogP contribution in [-0.4, -0.2) is 27.1 Å². The predicted octanol–water partition coefficient (Wildman–Crippen LogP) is 2.40. The highest BCUT2D eigenvalue weighted by Gasteiger charge is 2.11. The van der Waals surface area contributed by atoms with Gasteiger partial charge >= 0.3 is 0 Å². The zero-order chi connectivity index (χ0) is 17.7. The monoisotopic (exact) mass is 365 g/mol. The molecule has 0 unspecified atom stereocenters. The maximum atomic E-state index is 12.0. The molecule has 0 bridgehead atoms. The number of amides is 1. The van der Waals surface area contributed by atoms with E-state index in [0.29, 0.717) is 21.9 Å². The van der Waals surface area contributed by atoms with Crippen molar-refractivity contribution in [2.45, 2.75) is 11.8 Å². The standard InChI is InChI=1S/C16H16ClN3O3S/c1-11(12-7-9-13(10-8-12)24(22,23)18-2)19-20-16(21)14-5-3-4-6-15(14)17/h3-10,18H,1-2H3,(H,20,21)/b19-11-. The molecule has 2 N–H and O–H groups in total. The van der Waals surface area contributed by atoms with Gasteiger partial charge in [-0.05, 0) is 43.8 Å². The van der Waals surface area contributed by atoms with Gasteiger partial charge in [-0.25, -0.2) is 18.6 Å². The Hall–Kier alpha value is -2.22. The van der Waals surface area contributed by atoms with E-state index in [1.54, 1.807) is 43.3 Å². The number of hydrogen-bond acceptors (Lipinski definition) is 4. The molecule has 6 nitrogen and oxygen atoms in total. The van der Waals surface area contributed by atoms with Gasteiger partial charge in [0, 0.05) is 0 Å². The van der Waals surface area contributed by atoms with Crippen molar-refractivity contribution in [1.29, 1.82) is 0 Å². The fraction of sp³-hybridized carbons (Fsp3) is 0.125. The van der Waals surface area contributed by atoms with E-state index in [9.17, 15) is 13.2 Å². The number of hydrazone groups is 1. The molecule has 0 spiro atoms. The summed E-state index contributed by atoms with van der Waals surface area (Å²) in [7, 11) is -2.13. The van der Waals surface area contributed by atoms with E-state index in [4.69, 9.17) is 11.6 Å². The molecule has 126 valence electrons. The van der Waals surface area contributed by atoms with E-state index in [0.717, 1.165) is 0 Å². The zero-order valence-corrected chi connectivity index (χ0v) is 14.6. The Morgan fingerprint density at radius 2 is 1.71 bits per heavy atom. The first-order valence-corrected chi connectivity index (χ1v) is 8.84. The number of carbonyl (C=O) groups is 1. The molecule has 0 fully saturated rings. The minimum Gasteiger partial charge on any atom is -0.267 e. The first-order chi connectivity index (χ1) is 11.3. The van der Waals surface area contributed by atoms with Crippen molar-refractivity contribution in [3.05, 3.63) is 64.7 Å². The quantitative estimate of drug-likeness (QED) is 0.630. The highest BCUT2D eigenvalue weighted by atomic mass is 35.5. The van der Waals surface area contributed by atoms with E-state index >= 15 is 0 Å². The fourth-order valence-corrected chi connectivity index (χ4v) is 2.85. The minimum absolute atomic E-state index is 0.154. The molecule has 0 heterocycles. The van der Waals surface area contributed by atoms with Gasteiger partial charge in [-0.2, -0.15) is 5.10 Å². The Balaban J connectivity index is 2.14. The van der Waals surface area contributed by atoms with Crippen molar-refractivity contribution >= 4 is 33.2 Å². The summed E-state index contributed by atoms with van der Waals surface area (Å²) in [6.07, 6.45) is 0. The smallest absolute Gasteiger partial charge is 0.267 e. The van der Waals surface area contributed by atoms with Crippen LogP contribution in [0.25, 0.3) is 0 Å². The molecule has 0 saturated heterocycles. The molecule has 1 amide bonds. The number of nitrogens with one attached hydrogen (secondary N) is 2. The molecular weight excluding hydrogens is 350 g/mol. The molecule has 0 radical (unpaired) electrons. The van der Waals surface area contributed by atoms with E-state index in [-0.39, 0.29) is 4.90 Å². The molecular formula is C16H16ClN3O3S. The summed E-state index contributed by atoms with van der Waals surface area (Å²) in [5.41, 5.74) is 3.97. The van der Waals surface area contributed by atoms with Crippen molar-refractivity contribution in [2.24, 2.45) is 5.10 Å². The van der Waals surface area contributed by atoms with E-state index in [1.807, 2.05) is 0 Å². The van der Waals surface area contributed by atoms with Crippen LogP contribution in [0.4, 0.5) is 0 Å². The van der Waals surface area contributed by atoms with Crippen molar-refractivity contribution < 1.29 is 13.2 Å². The summed E-state index contributed by atoms with van der Waals surface area (Å²) >= 11 is 5.95. The molecule has 0 aromatic heterocycles. The van der Waals surface area contributed by atoms with Crippen molar-refractivity contribution in [3.8, 4) is 0 Å². The van der Waals surface area contributed by atoms with E-state index in [1.165, 1.54) is 19.2 Å². The number of halogens is 1. The average molecular weight is 366 g/mol. The van der Waals surface area contributed by atoms with Crippen LogP contribution >= 0.6 is 11.6 Å². The number of benzene rings is 2. The van der Waals surface area contributed by atoms with Crippen LogP contribution in [0.3, 0.4) is 0 Å². The summed E-state index contributed by atoms with van der Waals surface area (Å²) in [4.78, 5) is 12.2. The number of carbonyl (C=O) groups excluding carboxylic acids is 1. The predicted molar refractivity (Wildman–Crippen MR) is 93.8 cm³/mol. The van der Waals surface area contributed by atoms with E-state index in [2.05, 4.69) is 15.2 Å². The van der Waals surface area contributed by atoms with Crippen LogP contribution in [0.15, 0.2) is 58.5 Å². The maximum Gasteiger partial charge on any atom is 0.272 e. The van der Waals surface area contributed by atoms with Crippen molar-refractivity contribution in [1.82, 2.24) is 10.1 Å². The summed E-state index contributed by atoms with van der Waals surface area (Å²) in [6, 6.07) is 12.8. The van der Waals surface area contributed by atoms with Crippen molar-refractivity contribution in [2.75, 3.05) is 7.05 Å². The second-order valence-corrected chi connectivity index (χ2v) is 7.14. The molecule has 0 aliphatic carbocycles. The largest absolute Gasteiger partial charge is 0.272 e. The Labute approximate surface area is 145 Å². The molecule has 8 heteroatoms. The van der Waals surface area contributed by atoms with Crippen LogP contribution in [-0.2, 0) is 10.0 Å². The number of nitrogens with zero attached hydrogens (tertiary/aromatic N) is 1. The van der Waals surface area contributed by atoms with Crippen LogP contribution in [0.5, 0.6) is 0 Å². The van der Waals surface area contributed by atoms with Gasteiger partial charge in [0.25, 0.3) is 5.91 Å². The summed E-state index contributed by atoms with van der Waals surface area (Å²) in [6.45, 7) is 1.70. The first kappa shape index (κ1) is 18.1. The van der Waals surface area contributed by atoms with Gasteiger partial charge in [-0.3, -0.25) is 4.79 Å².